The molecule has 0 saturated heterocycles. The molecule has 1 aromatic heterocycles. The highest BCUT2D eigenvalue weighted by Crippen LogP contribution is 2.17. The molecule has 0 N–H and O–H groups in total. The van der Waals surface area contributed by atoms with Crippen LogP contribution in [-0.2, 0) is 11.3 Å². The molecule has 0 spiro atoms. The van der Waals surface area contributed by atoms with Gasteiger partial charge in [0.25, 0.3) is 0 Å². The van der Waals surface area contributed by atoms with Gasteiger partial charge in [-0.25, -0.2) is 4.79 Å². The molecule has 0 aliphatic rings. The summed E-state index contributed by atoms with van der Waals surface area (Å²) in [6.45, 7) is 0.205. The third kappa shape index (κ3) is 2.62. The van der Waals surface area contributed by atoms with Crippen LogP contribution in [0, 0.1) is 0 Å². The summed E-state index contributed by atoms with van der Waals surface area (Å²) in [5.74, 6) is -0.310. The quantitative estimate of drug-likeness (QED) is 0.778. The molecule has 0 bridgehead atoms. The van der Waals surface area contributed by atoms with Gasteiger partial charge in [-0.15, -0.1) is 11.3 Å². The minimum absolute atomic E-state index is 0.205. The van der Waals surface area contributed by atoms with Gasteiger partial charge in [0, 0.05) is 10.6 Å². The number of benzene rings is 1. The van der Waals surface area contributed by atoms with E-state index >= 15 is 0 Å². The topological polar surface area (TPSA) is 26.3 Å². The van der Waals surface area contributed by atoms with Crippen LogP contribution in [0.5, 0.6) is 0 Å². The Bertz CT molecular complexity index is 480. The van der Waals surface area contributed by atoms with Gasteiger partial charge >= 0.3 is 5.97 Å². The molecule has 0 aliphatic carbocycles. The predicted molar refractivity (Wildman–Crippen MR) is 64.9 cm³/mol. The van der Waals surface area contributed by atoms with Gasteiger partial charge in [-0.05, 0) is 17.5 Å². The zero-order valence-electron chi connectivity index (χ0n) is 8.35. The maximum absolute atomic E-state index is 11.5. The third-order valence-electron chi connectivity index (χ3n) is 2.04. The summed E-state index contributed by atoms with van der Waals surface area (Å²) in [6, 6.07) is 10.9. The van der Waals surface area contributed by atoms with Gasteiger partial charge in [-0.1, -0.05) is 35.9 Å². The van der Waals surface area contributed by atoms with E-state index in [0.717, 1.165) is 5.56 Å². The number of esters is 1. The molecule has 0 amide bonds. The van der Waals surface area contributed by atoms with E-state index < -0.39 is 0 Å². The molecule has 0 fully saturated rings. The van der Waals surface area contributed by atoms with E-state index in [1.54, 1.807) is 12.1 Å². The monoisotopic (exact) mass is 252 g/mol. The van der Waals surface area contributed by atoms with E-state index in [-0.39, 0.29) is 12.6 Å². The Hall–Kier alpha value is -1.32. The van der Waals surface area contributed by atoms with Crippen molar-refractivity contribution >= 4 is 28.9 Å². The van der Waals surface area contributed by atoms with Crippen molar-refractivity contribution in [2.24, 2.45) is 0 Å². The summed E-state index contributed by atoms with van der Waals surface area (Å²) < 4.78 is 5.14. The highest BCUT2D eigenvalue weighted by molar-refractivity contribution is 7.11. The first kappa shape index (κ1) is 11.2. The molecule has 1 aromatic carbocycles. The minimum Gasteiger partial charge on any atom is -0.457 e. The van der Waals surface area contributed by atoms with Crippen molar-refractivity contribution in [2.75, 3.05) is 0 Å². The highest BCUT2D eigenvalue weighted by Gasteiger charge is 2.08. The summed E-state index contributed by atoms with van der Waals surface area (Å²) in [6.07, 6.45) is 0. The van der Waals surface area contributed by atoms with Crippen LogP contribution in [0.25, 0.3) is 0 Å². The van der Waals surface area contributed by atoms with Crippen molar-refractivity contribution in [2.45, 2.75) is 6.61 Å². The number of thiophene rings is 1. The number of rotatable bonds is 3. The first-order chi connectivity index (χ1) is 7.77. The fourth-order valence-corrected chi connectivity index (χ4v) is 2.03. The van der Waals surface area contributed by atoms with Gasteiger partial charge in [0.05, 0.1) is 0 Å². The van der Waals surface area contributed by atoms with Gasteiger partial charge in [-0.3, -0.25) is 0 Å². The van der Waals surface area contributed by atoms with Crippen molar-refractivity contribution in [3.63, 3.8) is 0 Å². The average Bonchev–Trinajstić information content (AvgIpc) is 2.81. The molecule has 0 aliphatic heterocycles. The van der Waals surface area contributed by atoms with Crippen LogP contribution in [0.15, 0.2) is 41.8 Å². The summed E-state index contributed by atoms with van der Waals surface area (Å²) in [7, 11) is 0. The fourth-order valence-electron chi connectivity index (χ4n) is 1.22. The van der Waals surface area contributed by atoms with E-state index in [2.05, 4.69) is 0 Å². The van der Waals surface area contributed by atoms with E-state index in [9.17, 15) is 4.79 Å². The van der Waals surface area contributed by atoms with E-state index in [1.165, 1.54) is 11.3 Å². The molecule has 2 aromatic rings. The van der Waals surface area contributed by atoms with Crippen molar-refractivity contribution in [3.8, 4) is 0 Å². The number of halogens is 1. The lowest BCUT2D eigenvalue weighted by Gasteiger charge is -2.04. The van der Waals surface area contributed by atoms with Crippen LogP contribution in [0.4, 0.5) is 0 Å². The Morgan fingerprint density at radius 2 is 2.06 bits per heavy atom. The summed E-state index contributed by atoms with van der Waals surface area (Å²) in [5, 5.41) is 2.45. The van der Waals surface area contributed by atoms with Gasteiger partial charge in [0.15, 0.2) is 0 Å². The SMILES string of the molecule is O=C(OCc1ccccc1Cl)c1cccs1. The molecule has 0 radical (unpaired) electrons. The van der Waals surface area contributed by atoms with E-state index in [0.29, 0.717) is 9.90 Å². The van der Waals surface area contributed by atoms with Crippen LogP contribution in [0.2, 0.25) is 5.02 Å². The molecule has 0 saturated carbocycles. The number of hydrogen-bond acceptors (Lipinski definition) is 3. The molecule has 2 nitrogen and oxygen atoms in total. The Labute approximate surface area is 102 Å². The van der Waals surface area contributed by atoms with Crippen LogP contribution < -0.4 is 0 Å². The Kier molecular flexibility index (Phi) is 3.59. The lowest BCUT2D eigenvalue weighted by molar-refractivity contribution is 0.0478. The van der Waals surface area contributed by atoms with Gasteiger partial charge in [0.2, 0.25) is 0 Å². The van der Waals surface area contributed by atoms with Crippen LogP contribution in [0.1, 0.15) is 15.2 Å². The molecular formula is C12H9ClO2S. The van der Waals surface area contributed by atoms with E-state index in [4.69, 9.17) is 16.3 Å². The number of hydrogen-bond donors (Lipinski definition) is 0. The van der Waals surface area contributed by atoms with Crippen molar-refractivity contribution in [1.82, 2.24) is 0 Å². The average molecular weight is 253 g/mol. The molecule has 2 rings (SSSR count). The molecule has 1 heterocycles. The first-order valence-corrected chi connectivity index (χ1v) is 5.97. The second kappa shape index (κ2) is 5.14. The van der Waals surface area contributed by atoms with Gasteiger partial charge < -0.3 is 4.74 Å². The predicted octanol–water partition coefficient (Wildman–Crippen LogP) is 3.76. The molecule has 0 atom stereocenters. The molecule has 16 heavy (non-hydrogen) atoms. The lowest BCUT2D eigenvalue weighted by atomic mass is 10.2. The smallest absolute Gasteiger partial charge is 0.348 e. The lowest BCUT2D eigenvalue weighted by Crippen LogP contribution is -2.03. The van der Waals surface area contributed by atoms with Crippen LogP contribution >= 0.6 is 22.9 Å². The second-order valence-electron chi connectivity index (χ2n) is 3.14. The standard InChI is InChI=1S/C12H9ClO2S/c13-10-5-2-1-4-9(10)8-15-12(14)11-6-3-7-16-11/h1-7H,8H2. The van der Waals surface area contributed by atoms with Gasteiger partial charge in [-0.2, -0.15) is 0 Å². The van der Waals surface area contributed by atoms with Crippen LogP contribution in [0.3, 0.4) is 0 Å². The molecular weight excluding hydrogens is 244 g/mol. The molecule has 4 heteroatoms. The van der Waals surface area contributed by atoms with Gasteiger partial charge in [0.1, 0.15) is 11.5 Å². The fraction of sp³-hybridized carbons (Fsp3) is 0.0833. The third-order valence-corrected chi connectivity index (χ3v) is 3.26. The zero-order chi connectivity index (χ0) is 11.4. The number of ether oxygens (including phenoxy) is 1. The molecule has 0 unspecified atom stereocenters. The summed E-state index contributed by atoms with van der Waals surface area (Å²) in [5.41, 5.74) is 0.814. The number of carbonyl (C=O) groups excluding carboxylic acids is 1. The van der Waals surface area contributed by atoms with Crippen molar-refractivity contribution in [1.29, 1.82) is 0 Å². The van der Waals surface area contributed by atoms with Crippen molar-refractivity contribution < 1.29 is 9.53 Å². The van der Waals surface area contributed by atoms with Crippen LogP contribution in [-0.4, -0.2) is 5.97 Å². The maximum Gasteiger partial charge on any atom is 0.348 e. The summed E-state index contributed by atoms with van der Waals surface area (Å²) >= 11 is 7.31. The zero-order valence-corrected chi connectivity index (χ0v) is 9.92. The van der Waals surface area contributed by atoms with E-state index in [1.807, 2.05) is 29.6 Å². The number of carbonyl (C=O) groups is 1. The normalized spacial score (nSPS) is 10.1. The Morgan fingerprint density at radius 3 is 2.75 bits per heavy atom. The maximum atomic E-state index is 11.5. The summed E-state index contributed by atoms with van der Waals surface area (Å²) in [4.78, 5) is 12.1. The largest absolute Gasteiger partial charge is 0.457 e. The molecule has 82 valence electrons. The highest BCUT2D eigenvalue weighted by atomic mass is 35.5. The first-order valence-electron chi connectivity index (χ1n) is 4.71. The second-order valence-corrected chi connectivity index (χ2v) is 4.50. The Morgan fingerprint density at radius 1 is 1.25 bits per heavy atom. The minimum atomic E-state index is -0.310. The Balaban J connectivity index is 1.98. The van der Waals surface area contributed by atoms with Crippen molar-refractivity contribution in [3.05, 3.63) is 57.2 Å².